The van der Waals surface area contributed by atoms with Crippen molar-refractivity contribution < 1.29 is 14.4 Å². The van der Waals surface area contributed by atoms with E-state index < -0.39 is 11.9 Å². The van der Waals surface area contributed by atoms with E-state index in [1.54, 1.807) is 6.07 Å². The molecule has 8 heteroatoms. The molecule has 2 rings (SSSR count). The van der Waals surface area contributed by atoms with Crippen LogP contribution in [0.1, 0.15) is 36.5 Å². The number of hydrogen-bond acceptors (Lipinski definition) is 3. The minimum atomic E-state index is -0.634. The van der Waals surface area contributed by atoms with Crippen LogP contribution in [0.15, 0.2) is 18.2 Å². The third kappa shape index (κ3) is 4.17. The van der Waals surface area contributed by atoms with Crippen LogP contribution in [0.3, 0.4) is 0 Å². The van der Waals surface area contributed by atoms with Gasteiger partial charge < -0.3 is 21.3 Å². The van der Waals surface area contributed by atoms with Gasteiger partial charge in [-0.15, -0.1) is 0 Å². The van der Waals surface area contributed by atoms with Gasteiger partial charge in [-0.25, -0.2) is 4.79 Å². The zero-order chi connectivity index (χ0) is 17.7. The summed E-state index contributed by atoms with van der Waals surface area (Å²) in [6.07, 6.45) is 2.43. The van der Waals surface area contributed by atoms with Gasteiger partial charge in [0.25, 0.3) is 0 Å². The number of rotatable bonds is 5. The molecule has 1 atom stereocenters. The molecule has 0 aromatic heterocycles. The first kappa shape index (κ1) is 18.1. The Balaban J connectivity index is 2.11. The van der Waals surface area contributed by atoms with Crippen molar-refractivity contribution in [2.24, 2.45) is 5.73 Å². The van der Waals surface area contributed by atoms with Crippen molar-refractivity contribution in [3.8, 4) is 0 Å². The molecule has 1 heterocycles. The van der Waals surface area contributed by atoms with E-state index >= 15 is 0 Å². The number of nitrogens with two attached hydrogens (primary N) is 1. The van der Waals surface area contributed by atoms with Gasteiger partial charge in [-0.2, -0.15) is 0 Å². The molecule has 24 heavy (non-hydrogen) atoms. The Morgan fingerprint density at radius 2 is 2.21 bits per heavy atom. The van der Waals surface area contributed by atoms with Crippen molar-refractivity contribution in [1.82, 2.24) is 10.2 Å². The second-order valence-corrected chi connectivity index (χ2v) is 6.04. The molecule has 130 valence electrons. The summed E-state index contributed by atoms with van der Waals surface area (Å²) in [6.45, 7) is 2.91. The maximum absolute atomic E-state index is 12.5. The summed E-state index contributed by atoms with van der Waals surface area (Å²) in [5.74, 6) is -0.767. The fourth-order valence-electron chi connectivity index (χ4n) is 2.63. The molecule has 0 spiro atoms. The number of carbonyl (C=O) groups is 3. The van der Waals surface area contributed by atoms with Crippen LogP contribution in [0.2, 0.25) is 5.02 Å². The largest absolute Gasteiger partial charge is 0.366 e. The Hall–Kier alpha value is -2.28. The molecule has 4 amide bonds. The van der Waals surface area contributed by atoms with Crippen LogP contribution in [0.5, 0.6) is 0 Å². The van der Waals surface area contributed by atoms with Crippen LogP contribution >= 0.6 is 11.6 Å². The Morgan fingerprint density at radius 1 is 1.46 bits per heavy atom. The fraction of sp³-hybridized carbons (Fsp3) is 0.438. The molecule has 1 aromatic rings. The molecule has 1 unspecified atom stereocenters. The van der Waals surface area contributed by atoms with Gasteiger partial charge in [0.05, 0.1) is 10.6 Å². The Morgan fingerprint density at radius 3 is 2.83 bits per heavy atom. The first-order valence-corrected chi connectivity index (χ1v) is 8.26. The molecule has 1 saturated heterocycles. The van der Waals surface area contributed by atoms with Crippen LogP contribution in [-0.2, 0) is 4.79 Å². The van der Waals surface area contributed by atoms with E-state index in [4.69, 9.17) is 17.3 Å². The Labute approximate surface area is 145 Å². The van der Waals surface area contributed by atoms with E-state index in [0.717, 1.165) is 12.8 Å². The number of nitrogens with one attached hydrogen (secondary N) is 2. The molecule has 7 nitrogen and oxygen atoms in total. The second-order valence-electron chi connectivity index (χ2n) is 5.63. The van der Waals surface area contributed by atoms with Crippen LogP contribution in [0.4, 0.5) is 10.5 Å². The number of amides is 4. The van der Waals surface area contributed by atoms with E-state index in [1.165, 1.54) is 17.0 Å². The summed E-state index contributed by atoms with van der Waals surface area (Å²) in [4.78, 5) is 37.3. The molecular weight excluding hydrogens is 332 g/mol. The number of carbonyl (C=O) groups excluding carboxylic acids is 3. The van der Waals surface area contributed by atoms with Crippen LogP contribution in [0.25, 0.3) is 0 Å². The van der Waals surface area contributed by atoms with Gasteiger partial charge in [0, 0.05) is 18.8 Å². The number of urea groups is 1. The van der Waals surface area contributed by atoms with Gasteiger partial charge in [0.15, 0.2) is 0 Å². The van der Waals surface area contributed by atoms with E-state index in [9.17, 15) is 14.4 Å². The Kier molecular flexibility index (Phi) is 6.03. The van der Waals surface area contributed by atoms with Crippen LogP contribution in [0, 0.1) is 0 Å². The predicted molar refractivity (Wildman–Crippen MR) is 92.0 cm³/mol. The number of primary amides is 1. The highest BCUT2D eigenvalue weighted by atomic mass is 35.5. The highest BCUT2D eigenvalue weighted by Crippen LogP contribution is 2.22. The number of unbranched alkanes of at least 4 members (excludes halogenated alkanes) is 1. The smallest absolute Gasteiger partial charge is 0.322 e. The second kappa shape index (κ2) is 8.01. The molecule has 1 aromatic carbocycles. The SMILES string of the molecule is CCCCC1C(=O)NCCN1C(=O)Nc1ccc(C(N)=O)c(Cl)c1. The quantitative estimate of drug-likeness (QED) is 0.754. The normalized spacial score (nSPS) is 17.3. The molecule has 4 N–H and O–H groups in total. The lowest BCUT2D eigenvalue weighted by Gasteiger charge is -2.35. The molecule has 0 bridgehead atoms. The third-order valence-electron chi connectivity index (χ3n) is 3.91. The van der Waals surface area contributed by atoms with E-state index in [1.807, 2.05) is 6.92 Å². The zero-order valence-corrected chi connectivity index (χ0v) is 14.2. The molecular formula is C16H21ClN4O3. The lowest BCUT2D eigenvalue weighted by Crippen LogP contribution is -2.58. The van der Waals surface area contributed by atoms with Crippen molar-refractivity contribution in [1.29, 1.82) is 0 Å². The number of benzene rings is 1. The highest BCUT2D eigenvalue weighted by molar-refractivity contribution is 6.34. The molecule has 1 fully saturated rings. The molecule has 1 aliphatic heterocycles. The number of hydrogen-bond donors (Lipinski definition) is 3. The van der Waals surface area contributed by atoms with Crippen molar-refractivity contribution in [3.63, 3.8) is 0 Å². The number of anilines is 1. The summed E-state index contributed by atoms with van der Waals surface area (Å²) in [5.41, 5.74) is 5.83. The topological polar surface area (TPSA) is 105 Å². The summed E-state index contributed by atoms with van der Waals surface area (Å²) >= 11 is 5.98. The van der Waals surface area contributed by atoms with Gasteiger partial charge in [0.2, 0.25) is 11.8 Å². The number of nitrogens with zero attached hydrogens (tertiary/aromatic N) is 1. The summed E-state index contributed by atoms with van der Waals surface area (Å²) in [7, 11) is 0. The van der Waals surface area contributed by atoms with Crippen LogP contribution < -0.4 is 16.4 Å². The van der Waals surface area contributed by atoms with Crippen LogP contribution in [-0.4, -0.2) is 41.9 Å². The molecule has 0 saturated carbocycles. The van der Waals surface area contributed by atoms with Gasteiger partial charge in [-0.05, 0) is 24.6 Å². The molecule has 1 aliphatic rings. The summed E-state index contributed by atoms with van der Waals surface area (Å²) < 4.78 is 0. The van der Waals surface area contributed by atoms with Gasteiger partial charge in [-0.1, -0.05) is 31.4 Å². The van der Waals surface area contributed by atoms with E-state index in [-0.39, 0.29) is 22.5 Å². The van der Waals surface area contributed by atoms with Crippen molar-refractivity contribution in [2.45, 2.75) is 32.2 Å². The highest BCUT2D eigenvalue weighted by Gasteiger charge is 2.32. The van der Waals surface area contributed by atoms with E-state index in [2.05, 4.69) is 10.6 Å². The first-order valence-electron chi connectivity index (χ1n) is 7.88. The van der Waals surface area contributed by atoms with Gasteiger partial charge >= 0.3 is 6.03 Å². The lowest BCUT2D eigenvalue weighted by molar-refractivity contribution is -0.127. The van der Waals surface area contributed by atoms with Gasteiger partial charge in [0.1, 0.15) is 6.04 Å². The maximum atomic E-state index is 12.5. The van der Waals surface area contributed by atoms with E-state index in [0.29, 0.717) is 25.2 Å². The van der Waals surface area contributed by atoms with Gasteiger partial charge in [-0.3, -0.25) is 9.59 Å². The minimum Gasteiger partial charge on any atom is -0.366 e. The Bertz CT molecular complexity index is 650. The van der Waals surface area contributed by atoms with Crippen molar-refractivity contribution in [3.05, 3.63) is 28.8 Å². The summed E-state index contributed by atoms with van der Waals surface area (Å²) in [5, 5.41) is 5.67. The van der Waals surface area contributed by atoms with Crippen molar-refractivity contribution >= 4 is 35.1 Å². The standard InChI is InChI=1S/C16H21ClN4O3/c1-2-3-4-13-15(23)19-7-8-21(13)16(24)20-10-5-6-11(14(18)22)12(17)9-10/h5-6,9,13H,2-4,7-8H2,1H3,(H2,18,22)(H,19,23)(H,20,24). The van der Waals surface area contributed by atoms with Crippen molar-refractivity contribution in [2.75, 3.05) is 18.4 Å². The minimum absolute atomic E-state index is 0.132. The average Bonchev–Trinajstić information content (AvgIpc) is 2.53. The molecule has 0 aliphatic carbocycles. The lowest BCUT2D eigenvalue weighted by atomic mass is 10.1. The fourth-order valence-corrected chi connectivity index (χ4v) is 2.90. The monoisotopic (exact) mass is 352 g/mol. The number of piperazine rings is 1. The summed E-state index contributed by atoms with van der Waals surface area (Å²) in [6, 6.07) is 3.63. The number of halogens is 1. The molecule has 0 radical (unpaired) electrons. The average molecular weight is 353 g/mol. The zero-order valence-electron chi connectivity index (χ0n) is 13.5. The maximum Gasteiger partial charge on any atom is 0.322 e. The first-order chi connectivity index (χ1) is 11.4. The third-order valence-corrected chi connectivity index (χ3v) is 4.22. The predicted octanol–water partition coefficient (Wildman–Crippen LogP) is 1.96.